The molecule has 4 nitrogen and oxygen atoms in total. The second-order valence-electron chi connectivity index (χ2n) is 5.79. The normalized spacial score (nSPS) is 19.2. The van der Waals surface area contributed by atoms with Crippen LogP contribution >= 0.6 is 0 Å². The van der Waals surface area contributed by atoms with Crippen LogP contribution in [-0.4, -0.2) is 44.2 Å². The summed E-state index contributed by atoms with van der Waals surface area (Å²) in [4.78, 5) is 0. The van der Waals surface area contributed by atoms with Gasteiger partial charge in [-0.1, -0.05) is 19.8 Å². The lowest BCUT2D eigenvalue weighted by molar-refractivity contribution is 0.258. The molecule has 5 heteroatoms. The van der Waals surface area contributed by atoms with Crippen molar-refractivity contribution in [1.82, 2.24) is 9.62 Å². The Morgan fingerprint density at radius 3 is 2.37 bits per heavy atom. The van der Waals surface area contributed by atoms with Crippen LogP contribution < -0.4 is 5.32 Å². The highest BCUT2D eigenvalue weighted by molar-refractivity contribution is 7.89. The summed E-state index contributed by atoms with van der Waals surface area (Å²) in [5.41, 5.74) is 0. The van der Waals surface area contributed by atoms with Crippen LogP contribution in [0.15, 0.2) is 0 Å². The van der Waals surface area contributed by atoms with Gasteiger partial charge >= 0.3 is 0 Å². The lowest BCUT2D eigenvalue weighted by atomic mass is 9.92. The Morgan fingerprint density at radius 1 is 1.21 bits per heavy atom. The molecule has 1 aliphatic rings. The quantitative estimate of drug-likeness (QED) is 0.697. The molecule has 0 bridgehead atoms. The van der Waals surface area contributed by atoms with E-state index in [1.165, 1.54) is 19.3 Å². The van der Waals surface area contributed by atoms with Crippen molar-refractivity contribution < 1.29 is 8.42 Å². The summed E-state index contributed by atoms with van der Waals surface area (Å²) >= 11 is 0. The summed E-state index contributed by atoms with van der Waals surface area (Å²) in [5, 5.41) is 3.05. The van der Waals surface area contributed by atoms with Crippen LogP contribution in [-0.2, 0) is 10.0 Å². The Morgan fingerprint density at radius 2 is 1.84 bits per heavy atom. The van der Waals surface area contributed by atoms with E-state index in [4.69, 9.17) is 0 Å². The van der Waals surface area contributed by atoms with E-state index in [9.17, 15) is 8.42 Å². The zero-order chi connectivity index (χ0) is 14.3. The monoisotopic (exact) mass is 290 g/mol. The van der Waals surface area contributed by atoms with Crippen LogP contribution in [0.3, 0.4) is 0 Å². The van der Waals surface area contributed by atoms with Crippen LogP contribution in [0.2, 0.25) is 0 Å². The molecule has 19 heavy (non-hydrogen) atoms. The zero-order valence-corrected chi connectivity index (χ0v) is 13.5. The number of sulfonamides is 1. The van der Waals surface area contributed by atoms with Crippen molar-refractivity contribution in [1.29, 1.82) is 0 Å². The molecule has 1 heterocycles. The maximum Gasteiger partial charge on any atom is 0.216 e. The van der Waals surface area contributed by atoms with Gasteiger partial charge in [-0.2, -0.15) is 0 Å². The smallest absolute Gasteiger partial charge is 0.216 e. The minimum absolute atomic E-state index is 0.288. The Bertz CT molecular complexity index is 333. The third kappa shape index (κ3) is 5.40. The van der Waals surface area contributed by atoms with Gasteiger partial charge in [-0.15, -0.1) is 0 Å². The van der Waals surface area contributed by atoms with Gasteiger partial charge < -0.3 is 5.32 Å². The Hall–Kier alpha value is -0.130. The van der Waals surface area contributed by atoms with Crippen molar-refractivity contribution in [2.45, 2.75) is 58.1 Å². The Balaban J connectivity index is 2.22. The minimum Gasteiger partial charge on any atom is -0.317 e. The third-order valence-corrected chi connectivity index (χ3v) is 6.27. The predicted molar refractivity (Wildman–Crippen MR) is 80.7 cm³/mol. The lowest BCUT2D eigenvalue weighted by Gasteiger charge is -2.32. The second-order valence-corrected chi connectivity index (χ2v) is 8.27. The third-order valence-electron chi connectivity index (χ3n) is 4.00. The van der Waals surface area contributed by atoms with Crippen molar-refractivity contribution in [2.24, 2.45) is 5.92 Å². The molecule has 1 rings (SSSR count). The minimum atomic E-state index is -3.03. The van der Waals surface area contributed by atoms with E-state index in [-0.39, 0.29) is 5.25 Å². The van der Waals surface area contributed by atoms with E-state index in [2.05, 4.69) is 12.2 Å². The number of unbranched alkanes of at least 4 members (excludes halogenated alkanes) is 1. The van der Waals surface area contributed by atoms with Crippen molar-refractivity contribution in [3.05, 3.63) is 0 Å². The Labute approximate surface area is 119 Å². The summed E-state index contributed by atoms with van der Waals surface area (Å²) < 4.78 is 25.8. The van der Waals surface area contributed by atoms with Gasteiger partial charge in [0.15, 0.2) is 0 Å². The van der Waals surface area contributed by atoms with Gasteiger partial charge in [0.2, 0.25) is 10.0 Å². The van der Waals surface area contributed by atoms with Crippen molar-refractivity contribution in [3.63, 3.8) is 0 Å². The van der Waals surface area contributed by atoms with Gasteiger partial charge in [0.25, 0.3) is 0 Å². The van der Waals surface area contributed by atoms with Gasteiger partial charge in [0, 0.05) is 13.1 Å². The predicted octanol–water partition coefficient (Wildman–Crippen LogP) is 2.22. The highest BCUT2D eigenvalue weighted by atomic mass is 32.2. The molecule has 0 unspecified atom stereocenters. The molecule has 1 N–H and O–H groups in total. The highest BCUT2D eigenvalue weighted by Gasteiger charge is 2.29. The molecule has 1 saturated heterocycles. The van der Waals surface area contributed by atoms with Gasteiger partial charge in [-0.25, -0.2) is 12.7 Å². The van der Waals surface area contributed by atoms with Crippen LogP contribution in [0.4, 0.5) is 0 Å². The summed E-state index contributed by atoms with van der Waals surface area (Å²) in [7, 11) is -3.03. The molecule has 0 aromatic heterocycles. The largest absolute Gasteiger partial charge is 0.317 e. The highest BCUT2D eigenvalue weighted by Crippen LogP contribution is 2.25. The fourth-order valence-corrected chi connectivity index (χ4v) is 3.93. The fraction of sp³-hybridized carbons (Fsp3) is 1.00. The lowest BCUT2D eigenvalue weighted by Crippen LogP contribution is -2.41. The first-order chi connectivity index (χ1) is 8.98. The molecule has 0 aliphatic carbocycles. The summed E-state index contributed by atoms with van der Waals surface area (Å²) in [5.74, 6) is 0.722. The van der Waals surface area contributed by atoms with E-state index in [0.29, 0.717) is 0 Å². The number of rotatable bonds is 8. The molecule has 0 saturated carbocycles. The van der Waals surface area contributed by atoms with Crippen molar-refractivity contribution in [2.75, 3.05) is 26.2 Å². The first-order valence-electron chi connectivity index (χ1n) is 7.68. The Kier molecular flexibility index (Phi) is 7.32. The van der Waals surface area contributed by atoms with E-state index in [1.807, 2.05) is 0 Å². The topological polar surface area (TPSA) is 49.4 Å². The first-order valence-corrected chi connectivity index (χ1v) is 9.18. The summed E-state index contributed by atoms with van der Waals surface area (Å²) in [6.07, 6.45) is 5.81. The number of nitrogens with one attached hydrogen (secondary N) is 1. The van der Waals surface area contributed by atoms with Crippen LogP contribution in [0, 0.1) is 5.92 Å². The van der Waals surface area contributed by atoms with Gasteiger partial charge in [-0.3, -0.25) is 0 Å². The summed E-state index contributed by atoms with van der Waals surface area (Å²) in [6.45, 7) is 9.26. The average molecular weight is 290 g/mol. The molecular weight excluding hydrogens is 260 g/mol. The van der Waals surface area contributed by atoms with Gasteiger partial charge in [0.1, 0.15) is 0 Å². The van der Waals surface area contributed by atoms with E-state index >= 15 is 0 Å². The molecule has 0 atom stereocenters. The van der Waals surface area contributed by atoms with Crippen LogP contribution in [0.5, 0.6) is 0 Å². The SMILES string of the molecule is CCNCCCCC1CCN(S(=O)(=O)C(C)C)CC1. The number of nitrogens with zero attached hydrogens (tertiary/aromatic N) is 1. The van der Waals surface area contributed by atoms with E-state index in [0.717, 1.165) is 44.9 Å². The second kappa shape index (κ2) is 8.22. The summed E-state index contributed by atoms with van der Waals surface area (Å²) in [6, 6.07) is 0. The zero-order valence-electron chi connectivity index (χ0n) is 12.7. The molecule has 0 radical (unpaired) electrons. The maximum atomic E-state index is 12.0. The molecule has 0 aromatic rings. The molecule has 0 amide bonds. The maximum absolute atomic E-state index is 12.0. The molecular formula is C14H30N2O2S. The number of hydrogen-bond acceptors (Lipinski definition) is 3. The molecule has 0 aromatic carbocycles. The number of hydrogen-bond donors (Lipinski definition) is 1. The van der Waals surface area contributed by atoms with Crippen LogP contribution in [0.1, 0.15) is 52.9 Å². The molecule has 114 valence electrons. The first kappa shape index (κ1) is 16.9. The molecule has 1 fully saturated rings. The van der Waals surface area contributed by atoms with Crippen LogP contribution in [0.25, 0.3) is 0 Å². The van der Waals surface area contributed by atoms with Gasteiger partial charge in [-0.05, 0) is 52.1 Å². The average Bonchev–Trinajstić information content (AvgIpc) is 2.39. The number of piperidine rings is 1. The molecule has 0 spiro atoms. The standard InChI is InChI=1S/C14H30N2O2S/c1-4-15-10-6-5-7-14-8-11-16(12-9-14)19(17,18)13(2)3/h13-15H,4-12H2,1-3H3. The molecule has 1 aliphatic heterocycles. The van der Waals surface area contributed by atoms with Crippen molar-refractivity contribution in [3.8, 4) is 0 Å². The fourth-order valence-electron chi connectivity index (χ4n) is 2.61. The van der Waals surface area contributed by atoms with E-state index < -0.39 is 10.0 Å². The van der Waals surface area contributed by atoms with Gasteiger partial charge in [0.05, 0.1) is 5.25 Å². The van der Waals surface area contributed by atoms with Crippen molar-refractivity contribution >= 4 is 10.0 Å². The van der Waals surface area contributed by atoms with E-state index in [1.54, 1.807) is 18.2 Å².